The maximum Gasteiger partial charge on any atom is 0.128 e. The molecule has 0 N–H and O–H groups in total. The van der Waals surface area contributed by atoms with Gasteiger partial charge in [0.25, 0.3) is 0 Å². The van der Waals surface area contributed by atoms with E-state index in [1.807, 2.05) is 0 Å². The first kappa shape index (κ1) is 10.3. The monoisotopic (exact) mass is 268 g/mol. The van der Waals surface area contributed by atoms with Gasteiger partial charge in [-0.1, -0.05) is 33.6 Å². The second kappa shape index (κ2) is 3.52. The van der Waals surface area contributed by atoms with Crippen molar-refractivity contribution in [3.63, 3.8) is 0 Å². The van der Waals surface area contributed by atoms with Crippen molar-refractivity contribution in [2.45, 2.75) is 11.8 Å². The molecule has 2 unspecified atom stereocenters. The van der Waals surface area contributed by atoms with Gasteiger partial charge < -0.3 is 4.79 Å². The number of carbonyl (C=O) groups excluding carboxylic acids is 1. The highest BCUT2D eigenvalue weighted by molar-refractivity contribution is 9.11. The molecule has 1 aliphatic carbocycles. The molecule has 0 aromatic heterocycles. The third-order valence-electron chi connectivity index (χ3n) is 1.86. The van der Waals surface area contributed by atoms with Gasteiger partial charge in [-0.25, -0.2) is 0 Å². The molecule has 0 saturated carbocycles. The second-order valence-corrected chi connectivity index (χ2v) is 4.74. The Balaban J connectivity index is 3.10. The molecule has 0 fully saturated rings. The first-order chi connectivity index (χ1) is 5.50. The highest BCUT2D eigenvalue weighted by Crippen LogP contribution is 2.42. The summed E-state index contributed by atoms with van der Waals surface area (Å²) in [6.07, 6.45) is 4.19. The molecule has 0 bridgehead atoms. The highest BCUT2D eigenvalue weighted by Gasteiger charge is 2.36. The minimum atomic E-state index is -0.742. The van der Waals surface area contributed by atoms with Crippen LogP contribution in [0.25, 0.3) is 0 Å². The molecule has 0 radical (unpaired) electrons. The topological polar surface area (TPSA) is 17.1 Å². The number of allylic oxidation sites excluding steroid dienone is 4. The molecule has 0 aromatic rings. The molecule has 0 amide bonds. The van der Waals surface area contributed by atoms with Gasteiger partial charge in [0.2, 0.25) is 0 Å². The van der Waals surface area contributed by atoms with E-state index in [9.17, 15) is 4.79 Å². The van der Waals surface area contributed by atoms with Gasteiger partial charge in [-0.15, -0.1) is 11.6 Å². The van der Waals surface area contributed by atoms with Gasteiger partial charge in [-0.3, -0.25) is 0 Å². The van der Waals surface area contributed by atoms with Crippen LogP contribution in [-0.4, -0.2) is 11.2 Å². The quantitative estimate of drug-likeness (QED) is 0.528. The van der Waals surface area contributed by atoms with Gasteiger partial charge >= 0.3 is 0 Å². The predicted octanol–water partition coefficient (Wildman–Crippen LogP) is 3.21. The van der Waals surface area contributed by atoms with Crippen molar-refractivity contribution in [2.75, 3.05) is 0 Å². The molecular formula is C8H7BrCl2O. The zero-order chi connectivity index (χ0) is 9.35. The van der Waals surface area contributed by atoms with E-state index in [1.165, 1.54) is 0 Å². The Hall–Kier alpha value is 0.210. The lowest BCUT2D eigenvalue weighted by Crippen LogP contribution is -2.30. The van der Waals surface area contributed by atoms with Crippen molar-refractivity contribution >= 4 is 45.4 Å². The summed E-state index contributed by atoms with van der Waals surface area (Å²) in [5.74, 6) is -0.323. The van der Waals surface area contributed by atoms with Gasteiger partial charge in [0.15, 0.2) is 0 Å². The zero-order valence-electron chi connectivity index (χ0n) is 6.35. The highest BCUT2D eigenvalue weighted by atomic mass is 79.9. The van der Waals surface area contributed by atoms with Gasteiger partial charge in [0.05, 0.1) is 15.8 Å². The summed E-state index contributed by atoms with van der Waals surface area (Å²) in [6, 6.07) is 0. The van der Waals surface area contributed by atoms with E-state index in [1.54, 1.807) is 19.1 Å². The number of rotatable bonds is 1. The molecule has 1 nitrogen and oxygen atoms in total. The fourth-order valence-corrected chi connectivity index (χ4v) is 1.93. The summed E-state index contributed by atoms with van der Waals surface area (Å²) >= 11 is 15.2. The molecule has 2 atom stereocenters. The lowest BCUT2D eigenvalue weighted by molar-refractivity contribution is -0.110. The molecular weight excluding hydrogens is 263 g/mol. The minimum absolute atomic E-state index is 0.323. The minimum Gasteiger partial charge on any atom is -0.303 e. The smallest absolute Gasteiger partial charge is 0.128 e. The molecule has 0 saturated heterocycles. The standard InChI is InChI=1S/C8H7BrCl2O/c1-8(11)5(4-12)2-3-6(10)7(8)9/h2-5H,1H3. The lowest BCUT2D eigenvalue weighted by Gasteiger charge is -2.29. The van der Waals surface area contributed by atoms with Crippen LogP contribution in [0.5, 0.6) is 0 Å². The Labute approximate surface area is 89.5 Å². The summed E-state index contributed by atoms with van der Waals surface area (Å²) in [5, 5.41) is 0.547. The molecule has 1 rings (SSSR count). The SMILES string of the molecule is CC1(Cl)C(Br)=C(Cl)C=CC1C=O. The van der Waals surface area contributed by atoms with Crippen molar-refractivity contribution in [3.8, 4) is 0 Å². The number of alkyl halides is 1. The van der Waals surface area contributed by atoms with E-state index in [0.29, 0.717) is 9.51 Å². The third kappa shape index (κ3) is 1.61. The molecule has 0 aromatic carbocycles. The van der Waals surface area contributed by atoms with Crippen LogP contribution in [0.3, 0.4) is 0 Å². The number of aldehydes is 1. The van der Waals surface area contributed by atoms with Crippen molar-refractivity contribution in [3.05, 3.63) is 21.7 Å². The van der Waals surface area contributed by atoms with Crippen LogP contribution in [0, 0.1) is 5.92 Å². The average Bonchev–Trinajstić information content (AvgIpc) is 2.01. The van der Waals surface area contributed by atoms with Crippen molar-refractivity contribution < 1.29 is 4.79 Å². The molecule has 4 heteroatoms. The number of hydrogen-bond acceptors (Lipinski definition) is 1. The second-order valence-electron chi connectivity index (χ2n) is 2.76. The summed E-state index contributed by atoms with van der Waals surface area (Å²) in [6.45, 7) is 1.75. The Bertz CT molecular complexity index is 268. The van der Waals surface area contributed by atoms with Crippen molar-refractivity contribution in [1.29, 1.82) is 0 Å². The zero-order valence-corrected chi connectivity index (χ0v) is 9.45. The summed E-state index contributed by atoms with van der Waals surface area (Å²) in [4.78, 5) is 9.86. The average molecular weight is 270 g/mol. The molecule has 0 spiro atoms. The summed E-state index contributed by atoms with van der Waals surface area (Å²) in [5.41, 5.74) is 0. The summed E-state index contributed by atoms with van der Waals surface area (Å²) in [7, 11) is 0. The van der Waals surface area contributed by atoms with E-state index < -0.39 is 4.87 Å². The van der Waals surface area contributed by atoms with Crippen molar-refractivity contribution in [2.24, 2.45) is 5.92 Å². The van der Waals surface area contributed by atoms with E-state index >= 15 is 0 Å². The summed E-state index contributed by atoms with van der Waals surface area (Å²) < 4.78 is 0.665. The fourth-order valence-electron chi connectivity index (χ4n) is 0.995. The van der Waals surface area contributed by atoms with Crippen LogP contribution in [-0.2, 0) is 4.79 Å². The van der Waals surface area contributed by atoms with Gasteiger partial charge in [-0.05, 0) is 13.0 Å². The Kier molecular flexibility index (Phi) is 3.02. The van der Waals surface area contributed by atoms with Gasteiger partial charge in [0.1, 0.15) is 6.29 Å². The van der Waals surface area contributed by atoms with E-state index in [-0.39, 0.29) is 5.92 Å². The van der Waals surface area contributed by atoms with Crippen molar-refractivity contribution in [1.82, 2.24) is 0 Å². The molecule has 0 heterocycles. The largest absolute Gasteiger partial charge is 0.303 e. The first-order valence-corrected chi connectivity index (χ1v) is 4.93. The normalized spacial score (nSPS) is 35.5. The van der Waals surface area contributed by atoms with Crippen LogP contribution >= 0.6 is 39.1 Å². The molecule has 1 aliphatic rings. The van der Waals surface area contributed by atoms with Crippen LogP contribution in [0.4, 0.5) is 0 Å². The maximum absolute atomic E-state index is 10.6. The predicted molar refractivity (Wildman–Crippen MR) is 54.8 cm³/mol. The maximum atomic E-state index is 10.6. The number of halogens is 3. The van der Waals surface area contributed by atoms with E-state index in [0.717, 1.165) is 6.29 Å². The number of carbonyl (C=O) groups is 1. The third-order valence-corrected chi connectivity index (χ3v) is 4.32. The van der Waals surface area contributed by atoms with E-state index in [4.69, 9.17) is 23.2 Å². The number of hydrogen-bond donors (Lipinski definition) is 0. The lowest BCUT2D eigenvalue weighted by atomic mass is 9.90. The Morgan fingerprint density at radius 3 is 2.83 bits per heavy atom. The Morgan fingerprint density at radius 1 is 1.75 bits per heavy atom. The molecule has 0 aliphatic heterocycles. The van der Waals surface area contributed by atoms with Gasteiger partial charge in [0, 0.05) is 4.48 Å². The van der Waals surface area contributed by atoms with Gasteiger partial charge in [-0.2, -0.15) is 0 Å². The van der Waals surface area contributed by atoms with Crippen LogP contribution in [0.2, 0.25) is 0 Å². The Morgan fingerprint density at radius 2 is 2.33 bits per heavy atom. The fraction of sp³-hybridized carbons (Fsp3) is 0.375. The first-order valence-electron chi connectivity index (χ1n) is 3.38. The van der Waals surface area contributed by atoms with Crippen LogP contribution in [0.15, 0.2) is 21.7 Å². The molecule has 66 valence electrons. The van der Waals surface area contributed by atoms with E-state index in [2.05, 4.69) is 15.9 Å². The molecule has 12 heavy (non-hydrogen) atoms. The van der Waals surface area contributed by atoms with Crippen LogP contribution in [0.1, 0.15) is 6.92 Å². The van der Waals surface area contributed by atoms with Crippen LogP contribution < -0.4 is 0 Å².